The average molecular weight is 494 g/mol. The van der Waals surface area contributed by atoms with Crippen LogP contribution in [0.1, 0.15) is 29.7 Å². The lowest BCUT2D eigenvalue weighted by molar-refractivity contribution is -0.159. The van der Waals surface area contributed by atoms with Gasteiger partial charge < -0.3 is 14.9 Å². The van der Waals surface area contributed by atoms with Crippen molar-refractivity contribution in [3.05, 3.63) is 76.8 Å². The van der Waals surface area contributed by atoms with Gasteiger partial charge in [-0.15, -0.1) is 11.3 Å². The highest BCUT2D eigenvalue weighted by molar-refractivity contribution is 7.13. The van der Waals surface area contributed by atoms with Crippen LogP contribution in [0.4, 0.5) is 0 Å². The Kier molecular flexibility index (Phi) is 9.93. The first-order valence-electron chi connectivity index (χ1n) is 11.2. The van der Waals surface area contributed by atoms with E-state index in [0.717, 1.165) is 36.8 Å². The molecule has 0 aliphatic carbocycles. The number of piperidine rings is 1. The van der Waals surface area contributed by atoms with Crippen LogP contribution in [-0.4, -0.2) is 51.7 Å². The third kappa shape index (κ3) is 8.61. The number of aromatic nitrogens is 1. The van der Waals surface area contributed by atoms with Crippen LogP contribution in [0.25, 0.3) is 10.6 Å². The number of aliphatic carboxylic acids is 2. The molecule has 0 saturated carbocycles. The smallest absolute Gasteiger partial charge is 0.414 e. The second-order valence-corrected chi connectivity index (χ2v) is 9.02. The van der Waals surface area contributed by atoms with Crippen LogP contribution < -0.4 is 0 Å². The molecule has 1 saturated heterocycles. The lowest BCUT2D eigenvalue weighted by Crippen LogP contribution is -2.34. The van der Waals surface area contributed by atoms with Gasteiger partial charge in [0, 0.05) is 24.1 Å². The van der Waals surface area contributed by atoms with Crippen molar-refractivity contribution in [3.63, 3.8) is 0 Å². The number of nitrogens with zero attached hydrogens (tertiary/aromatic N) is 3. The van der Waals surface area contributed by atoms with Crippen molar-refractivity contribution >= 4 is 23.3 Å². The Morgan fingerprint density at radius 1 is 1.06 bits per heavy atom. The van der Waals surface area contributed by atoms with Gasteiger partial charge in [-0.1, -0.05) is 42.5 Å². The summed E-state index contributed by atoms with van der Waals surface area (Å²) in [5.74, 6) is -3.02. The fourth-order valence-corrected chi connectivity index (χ4v) is 4.47. The summed E-state index contributed by atoms with van der Waals surface area (Å²) >= 11 is 1.73. The number of nitriles is 1. The number of carboxylic acids is 2. The Morgan fingerprint density at radius 2 is 1.71 bits per heavy atom. The molecule has 0 amide bonds. The molecule has 2 N–H and O–H groups in total. The van der Waals surface area contributed by atoms with Crippen LogP contribution in [0.15, 0.2) is 60.0 Å². The fraction of sp³-hybridized carbons (Fsp3) is 0.308. The van der Waals surface area contributed by atoms with E-state index in [1.807, 2.05) is 30.3 Å². The van der Waals surface area contributed by atoms with Gasteiger partial charge in [-0.2, -0.15) is 5.26 Å². The monoisotopic (exact) mass is 493 g/mol. The molecule has 9 heteroatoms. The Balaban J connectivity index is 0.000000509. The van der Waals surface area contributed by atoms with E-state index in [-0.39, 0.29) is 0 Å². The van der Waals surface area contributed by atoms with E-state index in [4.69, 9.17) is 34.8 Å². The fourth-order valence-electron chi connectivity index (χ4n) is 3.65. The van der Waals surface area contributed by atoms with Gasteiger partial charge in [-0.3, -0.25) is 4.90 Å². The first-order valence-corrected chi connectivity index (χ1v) is 12.1. The van der Waals surface area contributed by atoms with E-state index < -0.39 is 11.9 Å². The number of rotatable bonds is 7. The van der Waals surface area contributed by atoms with Gasteiger partial charge in [-0.25, -0.2) is 14.6 Å². The number of hydrogen-bond acceptors (Lipinski definition) is 7. The van der Waals surface area contributed by atoms with Gasteiger partial charge in [0.15, 0.2) is 0 Å². The summed E-state index contributed by atoms with van der Waals surface area (Å²) in [5.41, 5.74) is 4.18. The van der Waals surface area contributed by atoms with Crippen LogP contribution in [0.2, 0.25) is 0 Å². The van der Waals surface area contributed by atoms with Crippen molar-refractivity contribution in [2.45, 2.75) is 26.0 Å². The average Bonchev–Trinajstić information content (AvgIpc) is 3.35. The van der Waals surface area contributed by atoms with E-state index >= 15 is 0 Å². The summed E-state index contributed by atoms with van der Waals surface area (Å²) < 4.78 is 5.93. The molecule has 0 bridgehead atoms. The third-order valence-electron chi connectivity index (χ3n) is 5.55. The predicted octanol–water partition coefficient (Wildman–Crippen LogP) is 4.27. The SMILES string of the molecule is N#Cc1ccc(COCC2CCN(Cc3csc(-c4ccccc4)n3)CC2)cc1.O=C(O)C(=O)O. The third-order valence-corrected chi connectivity index (χ3v) is 6.49. The summed E-state index contributed by atoms with van der Waals surface area (Å²) in [7, 11) is 0. The molecule has 3 aromatic rings. The van der Waals surface area contributed by atoms with Crippen molar-refractivity contribution in [3.8, 4) is 16.6 Å². The molecular weight excluding hydrogens is 466 g/mol. The largest absolute Gasteiger partial charge is 0.473 e. The van der Waals surface area contributed by atoms with E-state index in [0.29, 0.717) is 18.1 Å². The standard InChI is InChI=1S/C24H25N3OS.C2H2O4/c25-14-19-6-8-20(9-7-19)16-28-17-21-10-12-27(13-11-21)15-23-18-29-24(26-23)22-4-2-1-3-5-22;3-1(4)2(5)6/h1-9,18,21H,10-13,15-17H2;(H,3,4)(H,5,6). The molecule has 0 unspecified atom stereocenters. The molecule has 182 valence electrons. The van der Waals surface area contributed by atoms with Gasteiger partial charge in [0.2, 0.25) is 0 Å². The molecular formula is C26H27N3O5S. The zero-order chi connectivity index (χ0) is 25.0. The molecule has 2 aromatic carbocycles. The predicted molar refractivity (Wildman–Crippen MR) is 132 cm³/mol. The van der Waals surface area contributed by atoms with Crippen molar-refractivity contribution in [1.82, 2.24) is 9.88 Å². The summed E-state index contributed by atoms with van der Waals surface area (Å²) in [6, 6.07) is 20.2. The van der Waals surface area contributed by atoms with Crippen LogP contribution in [-0.2, 0) is 27.5 Å². The van der Waals surface area contributed by atoms with Crippen molar-refractivity contribution in [2.24, 2.45) is 5.92 Å². The zero-order valence-electron chi connectivity index (χ0n) is 19.2. The maximum absolute atomic E-state index is 9.10. The van der Waals surface area contributed by atoms with Crippen LogP contribution in [0, 0.1) is 17.2 Å². The number of likely N-dealkylation sites (tertiary alicyclic amines) is 1. The second kappa shape index (κ2) is 13.3. The first kappa shape index (κ1) is 26.0. The van der Waals surface area contributed by atoms with Crippen LogP contribution in [0.3, 0.4) is 0 Å². The number of benzene rings is 2. The molecule has 1 aliphatic heterocycles. The van der Waals surface area contributed by atoms with Gasteiger partial charge in [0.05, 0.1) is 23.9 Å². The molecule has 1 fully saturated rings. The molecule has 1 aliphatic rings. The zero-order valence-corrected chi connectivity index (χ0v) is 20.0. The number of hydrogen-bond donors (Lipinski definition) is 2. The molecule has 0 atom stereocenters. The summed E-state index contributed by atoms with van der Waals surface area (Å²) in [6.07, 6.45) is 2.34. The quantitative estimate of drug-likeness (QED) is 0.468. The van der Waals surface area contributed by atoms with E-state index in [2.05, 4.69) is 40.6 Å². The maximum Gasteiger partial charge on any atom is 0.414 e. The van der Waals surface area contributed by atoms with Gasteiger partial charge in [0.1, 0.15) is 5.01 Å². The Labute approximate surface area is 208 Å². The number of carboxylic acid groups (broad SMARTS) is 2. The van der Waals surface area contributed by atoms with Crippen molar-refractivity contribution in [2.75, 3.05) is 19.7 Å². The van der Waals surface area contributed by atoms with E-state index in [1.165, 1.54) is 24.1 Å². The van der Waals surface area contributed by atoms with Crippen molar-refractivity contribution < 1.29 is 24.5 Å². The lowest BCUT2D eigenvalue weighted by atomic mass is 9.98. The molecule has 35 heavy (non-hydrogen) atoms. The minimum Gasteiger partial charge on any atom is -0.473 e. The van der Waals surface area contributed by atoms with Gasteiger partial charge in [0.25, 0.3) is 0 Å². The normalized spacial score (nSPS) is 13.9. The highest BCUT2D eigenvalue weighted by Crippen LogP contribution is 2.25. The van der Waals surface area contributed by atoms with Crippen LogP contribution >= 0.6 is 11.3 Å². The van der Waals surface area contributed by atoms with E-state index in [1.54, 1.807) is 11.3 Å². The summed E-state index contributed by atoms with van der Waals surface area (Å²) in [4.78, 5) is 25.5. The molecule has 0 spiro atoms. The molecule has 2 heterocycles. The Morgan fingerprint density at radius 3 is 2.31 bits per heavy atom. The summed E-state index contributed by atoms with van der Waals surface area (Å²) in [5, 5.41) is 26.9. The minimum atomic E-state index is -1.82. The van der Waals surface area contributed by atoms with E-state index in [9.17, 15) is 0 Å². The number of carbonyl (C=O) groups is 2. The lowest BCUT2D eigenvalue weighted by Gasteiger charge is -2.31. The number of thiazole rings is 1. The maximum atomic E-state index is 9.10. The van der Waals surface area contributed by atoms with Crippen molar-refractivity contribution in [1.29, 1.82) is 5.26 Å². The van der Waals surface area contributed by atoms with Gasteiger partial charge >= 0.3 is 11.9 Å². The highest BCUT2D eigenvalue weighted by Gasteiger charge is 2.20. The Hall–Kier alpha value is -3.58. The highest BCUT2D eigenvalue weighted by atomic mass is 32.1. The van der Waals surface area contributed by atoms with Crippen LogP contribution in [0.5, 0.6) is 0 Å². The minimum absolute atomic E-state index is 0.618. The molecule has 8 nitrogen and oxygen atoms in total. The summed E-state index contributed by atoms with van der Waals surface area (Å²) in [6.45, 7) is 4.56. The van der Waals surface area contributed by atoms with Gasteiger partial charge in [-0.05, 0) is 49.5 Å². The number of ether oxygens (including phenoxy) is 1. The topological polar surface area (TPSA) is 124 Å². The molecule has 4 rings (SSSR count). The molecule has 1 aromatic heterocycles. The molecule has 0 radical (unpaired) electrons. The second-order valence-electron chi connectivity index (χ2n) is 8.16. The first-order chi connectivity index (χ1) is 16.9. The Bertz CT molecular complexity index is 1120.